The lowest BCUT2D eigenvalue weighted by molar-refractivity contribution is -0.138. The average Bonchev–Trinajstić information content (AvgIpc) is 3.31. The zero-order valence-electron chi connectivity index (χ0n) is 17.6. The van der Waals surface area contributed by atoms with Crippen LogP contribution in [-0.4, -0.2) is 54.9 Å². The summed E-state index contributed by atoms with van der Waals surface area (Å²) < 4.78 is 52.8. The van der Waals surface area contributed by atoms with E-state index in [1.807, 2.05) is 6.92 Å². The largest absolute Gasteiger partial charge is 0.419 e. The van der Waals surface area contributed by atoms with Gasteiger partial charge in [0.25, 0.3) is 5.91 Å². The number of hydrogen-bond donors (Lipinski definition) is 1. The van der Waals surface area contributed by atoms with E-state index < -0.39 is 17.6 Å². The number of hydrogen-bond acceptors (Lipinski definition) is 6. The highest BCUT2D eigenvalue weighted by Crippen LogP contribution is 2.29. The fourth-order valence-corrected chi connectivity index (χ4v) is 3.95. The van der Waals surface area contributed by atoms with Gasteiger partial charge < -0.3 is 10.2 Å². The highest BCUT2D eigenvalue weighted by atomic mass is 19.4. The first kappa shape index (κ1) is 22.6. The Balaban J connectivity index is 1.56. The summed E-state index contributed by atoms with van der Waals surface area (Å²) in [5.74, 6) is -0.895. The number of nitrogens with one attached hydrogen (secondary N) is 1. The third-order valence-electron chi connectivity index (χ3n) is 5.66. The number of piperidine rings is 1. The molecule has 1 aliphatic rings. The van der Waals surface area contributed by atoms with Crippen LogP contribution in [-0.2, 0) is 6.18 Å². The Morgan fingerprint density at radius 2 is 1.88 bits per heavy atom. The maximum Gasteiger partial charge on any atom is 0.419 e. The first-order chi connectivity index (χ1) is 15.8. The van der Waals surface area contributed by atoms with Crippen molar-refractivity contribution in [2.75, 3.05) is 18.4 Å². The van der Waals surface area contributed by atoms with Crippen LogP contribution in [0, 0.1) is 11.7 Å². The van der Waals surface area contributed by atoms with E-state index in [1.165, 1.54) is 30.6 Å². The third kappa shape index (κ3) is 4.78. The summed E-state index contributed by atoms with van der Waals surface area (Å²) >= 11 is 0. The number of aromatic nitrogens is 5. The van der Waals surface area contributed by atoms with E-state index in [2.05, 4.69) is 25.5 Å². The second-order valence-electron chi connectivity index (χ2n) is 7.81. The Labute approximate surface area is 186 Å². The van der Waals surface area contributed by atoms with Crippen molar-refractivity contribution in [2.45, 2.75) is 32.0 Å². The molecule has 1 aromatic carbocycles. The summed E-state index contributed by atoms with van der Waals surface area (Å²) in [6, 6.07) is 3.90. The molecule has 4 rings (SSSR count). The van der Waals surface area contributed by atoms with Crippen molar-refractivity contribution in [2.24, 2.45) is 5.92 Å². The van der Waals surface area contributed by atoms with Crippen molar-refractivity contribution in [1.29, 1.82) is 0 Å². The first-order valence-corrected chi connectivity index (χ1v) is 10.3. The smallest absolute Gasteiger partial charge is 0.352 e. The van der Waals surface area contributed by atoms with Crippen LogP contribution >= 0.6 is 0 Å². The third-order valence-corrected chi connectivity index (χ3v) is 5.66. The van der Waals surface area contributed by atoms with Crippen LogP contribution in [0.15, 0.2) is 43.0 Å². The summed E-state index contributed by atoms with van der Waals surface area (Å²) in [5.41, 5.74) is -0.860. The van der Waals surface area contributed by atoms with Gasteiger partial charge in [-0.2, -0.15) is 23.4 Å². The van der Waals surface area contributed by atoms with Crippen molar-refractivity contribution in [3.8, 4) is 5.69 Å². The number of carbonyl (C=O) groups excluding carboxylic acids is 1. The molecule has 1 unspecified atom stereocenters. The Bertz CT molecular complexity index is 1100. The summed E-state index contributed by atoms with van der Waals surface area (Å²) in [6.07, 6.45) is 1.30. The van der Waals surface area contributed by atoms with Crippen LogP contribution in [0.25, 0.3) is 5.69 Å². The number of likely N-dealkylation sites (tertiary alicyclic amines) is 1. The highest BCUT2D eigenvalue weighted by molar-refractivity contribution is 5.98. The quantitative estimate of drug-likeness (QED) is 0.582. The molecule has 3 aromatic rings. The topological polar surface area (TPSA) is 88.8 Å². The normalized spacial score (nSPS) is 18.9. The molecule has 1 fully saturated rings. The minimum atomic E-state index is -4.52. The van der Waals surface area contributed by atoms with Gasteiger partial charge >= 0.3 is 6.18 Å². The molecule has 174 valence electrons. The van der Waals surface area contributed by atoms with Crippen LogP contribution < -0.4 is 5.32 Å². The van der Waals surface area contributed by atoms with E-state index in [0.29, 0.717) is 18.9 Å². The molecule has 0 bridgehead atoms. The van der Waals surface area contributed by atoms with E-state index in [9.17, 15) is 22.4 Å². The Morgan fingerprint density at radius 1 is 1.18 bits per heavy atom. The molecule has 2 aromatic heterocycles. The average molecular weight is 463 g/mol. The molecule has 0 saturated carbocycles. The molecule has 12 heteroatoms. The second kappa shape index (κ2) is 9.12. The molecule has 1 saturated heterocycles. The monoisotopic (exact) mass is 463 g/mol. The fraction of sp³-hybridized carbons (Fsp3) is 0.381. The van der Waals surface area contributed by atoms with E-state index in [0.717, 1.165) is 17.6 Å². The number of carbonyl (C=O) groups is 1. The SMILES string of the molecule is C[C@@H]1CCCN(C(=O)c2cccc(F)c2-n2nccn2)C1CNc1ncc(C(F)(F)F)cn1. The predicted octanol–water partition coefficient (Wildman–Crippen LogP) is 3.57. The van der Waals surface area contributed by atoms with Crippen molar-refractivity contribution in [3.05, 3.63) is 59.9 Å². The number of anilines is 1. The van der Waals surface area contributed by atoms with Gasteiger partial charge in [-0.3, -0.25) is 4.79 Å². The standard InChI is InChI=1S/C21H21F4N7O/c1-13-4-3-9-31(17(13)12-28-20-26-10-14(11-27-20)21(23,24)25)19(33)15-5-2-6-16(22)18(15)32-29-7-8-30-32/h2,5-8,10-11,13,17H,3-4,9,12H2,1H3,(H,26,27,28)/t13-,17?/m1/s1. The number of para-hydroxylation sites is 1. The molecule has 0 spiro atoms. The van der Waals surface area contributed by atoms with E-state index in [4.69, 9.17) is 0 Å². The van der Waals surface area contributed by atoms with E-state index in [-0.39, 0.29) is 41.6 Å². The van der Waals surface area contributed by atoms with Crippen LogP contribution in [0.1, 0.15) is 35.7 Å². The molecule has 0 radical (unpaired) electrons. The number of halogens is 4. The Morgan fingerprint density at radius 3 is 2.55 bits per heavy atom. The minimum absolute atomic E-state index is 0.0281. The van der Waals surface area contributed by atoms with Gasteiger partial charge in [-0.1, -0.05) is 13.0 Å². The first-order valence-electron chi connectivity index (χ1n) is 10.3. The summed E-state index contributed by atoms with van der Waals surface area (Å²) in [4.78, 5) is 23.7. The van der Waals surface area contributed by atoms with Crippen LogP contribution in [0.5, 0.6) is 0 Å². The number of amides is 1. The second-order valence-corrected chi connectivity index (χ2v) is 7.81. The maximum atomic E-state index is 14.6. The Kier molecular flexibility index (Phi) is 6.25. The zero-order valence-corrected chi connectivity index (χ0v) is 17.6. The van der Waals surface area contributed by atoms with Crippen molar-refractivity contribution < 1.29 is 22.4 Å². The number of alkyl halides is 3. The molecule has 2 atom stereocenters. The summed E-state index contributed by atoms with van der Waals surface area (Å²) in [5, 5.41) is 10.8. The van der Waals surface area contributed by atoms with E-state index >= 15 is 0 Å². The van der Waals surface area contributed by atoms with Gasteiger partial charge in [0.1, 0.15) is 5.69 Å². The molecule has 33 heavy (non-hydrogen) atoms. The molecule has 1 aliphatic heterocycles. The predicted molar refractivity (Wildman–Crippen MR) is 110 cm³/mol. The summed E-state index contributed by atoms with van der Waals surface area (Å²) in [7, 11) is 0. The maximum absolute atomic E-state index is 14.6. The van der Waals surface area contributed by atoms with Gasteiger partial charge in [-0.25, -0.2) is 14.4 Å². The van der Waals surface area contributed by atoms with Gasteiger partial charge in [0.2, 0.25) is 5.95 Å². The molecule has 3 heterocycles. The van der Waals surface area contributed by atoms with Crippen LogP contribution in [0.3, 0.4) is 0 Å². The lowest BCUT2D eigenvalue weighted by atomic mass is 9.90. The number of benzene rings is 1. The fourth-order valence-electron chi connectivity index (χ4n) is 3.95. The lowest BCUT2D eigenvalue weighted by Crippen LogP contribution is -2.51. The highest BCUT2D eigenvalue weighted by Gasteiger charge is 2.35. The molecule has 0 aliphatic carbocycles. The summed E-state index contributed by atoms with van der Waals surface area (Å²) in [6.45, 7) is 2.66. The Hall–Kier alpha value is -3.57. The lowest BCUT2D eigenvalue weighted by Gasteiger charge is -2.40. The van der Waals surface area contributed by atoms with Gasteiger partial charge in [-0.05, 0) is 30.9 Å². The molecule has 1 amide bonds. The minimum Gasteiger partial charge on any atom is -0.352 e. The number of rotatable bonds is 5. The molecule has 8 nitrogen and oxygen atoms in total. The molecular weight excluding hydrogens is 442 g/mol. The molecule has 1 N–H and O–H groups in total. The van der Waals surface area contributed by atoms with Crippen LogP contribution in [0.4, 0.5) is 23.5 Å². The van der Waals surface area contributed by atoms with Gasteiger partial charge in [0, 0.05) is 25.5 Å². The van der Waals surface area contributed by atoms with Crippen molar-refractivity contribution in [3.63, 3.8) is 0 Å². The van der Waals surface area contributed by atoms with Gasteiger partial charge in [-0.15, -0.1) is 4.80 Å². The van der Waals surface area contributed by atoms with E-state index in [1.54, 1.807) is 4.90 Å². The van der Waals surface area contributed by atoms with Crippen molar-refractivity contribution in [1.82, 2.24) is 29.9 Å². The van der Waals surface area contributed by atoms with Gasteiger partial charge in [0.05, 0.1) is 29.6 Å². The molecular formula is C21H21F4N7O. The number of nitrogens with zero attached hydrogens (tertiary/aromatic N) is 6. The van der Waals surface area contributed by atoms with Crippen molar-refractivity contribution >= 4 is 11.9 Å². The van der Waals surface area contributed by atoms with Crippen LogP contribution in [0.2, 0.25) is 0 Å². The zero-order chi connectivity index (χ0) is 23.6. The van der Waals surface area contributed by atoms with Gasteiger partial charge in [0.15, 0.2) is 5.82 Å².